The van der Waals surface area contributed by atoms with Gasteiger partial charge in [0.1, 0.15) is 5.75 Å². The van der Waals surface area contributed by atoms with Crippen molar-refractivity contribution in [1.29, 1.82) is 0 Å². The number of pyridine rings is 1. The molecule has 1 aromatic rings. The summed E-state index contributed by atoms with van der Waals surface area (Å²) in [4.78, 5) is 10.9. The fraction of sp³-hybridized carbons (Fsp3) is 0.647. The van der Waals surface area contributed by atoms with Crippen molar-refractivity contribution in [1.82, 2.24) is 15.2 Å². The van der Waals surface area contributed by atoms with Gasteiger partial charge >= 0.3 is 0 Å². The maximum Gasteiger partial charge on any atom is 0.193 e. The molecule has 0 unspecified atom stereocenters. The molecule has 0 spiro atoms. The first-order valence-electron chi connectivity index (χ1n) is 8.01. The monoisotopic (exact) mass is 304 g/mol. The highest BCUT2D eigenvalue weighted by Crippen LogP contribution is 2.21. The van der Waals surface area contributed by atoms with Crippen LogP contribution in [0.4, 0.5) is 0 Å². The molecule has 0 atom stereocenters. The van der Waals surface area contributed by atoms with E-state index in [1.807, 2.05) is 6.07 Å². The van der Waals surface area contributed by atoms with E-state index in [0.717, 1.165) is 43.2 Å². The summed E-state index contributed by atoms with van der Waals surface area (Å²) in [6, 6.07) is 2.00. The van der Waals surface area contributed by atoms with Crippen LogP contribution in [0.3, 0.4) is 0 Å². The Labute approximate surface area is 133 Å². The predicted molar refractivity (Wildman–Crippen MR) is 90.2 cm³/mol. The molecule has 1 aromatic heterocycles. The molecular formula is C17H28N4O. The number of ether oxygens (including phenoxy) is 1. The van der Waals surface area contributed by atoms with Gasteiger partial charge in [-0.3, -0.25) is 9.98 Å². The summed E-state index contributed by atoms with van der Waals surface area (Å²) < 4.78 is 5.92. The molecule has 0 amide bonds. The number of aromatic nitrogens is 1. The third-order valence-electron chi connectivity index (χ3n) is 3.69. The Hall–Kier alpha value is -1.78. The van der Waals surface area contributed by atoms with Crippen LogP contribution in [0.15, 0.2) is 23.5 Å². The van der Waals surface area contributed by atoms with E-state index >= 15 is 0 Å². The molecule has 2 rings (SSSR count). The summed E-state index contributed by atoms with van der Waals surface area (Å²) in [6.07, 6.45) is 5.74. The third-order valence-corrected chi connectivity index (χ3v) is 3.69. The summed E-state index contributed by atoms with van der Waals surface area (Å²) in [6.45, 7) is 10.0. The molecule has 2 heterocycles. The van der Waals surface area contributed by atoms with Gasteiger partial charge in [0.25, 0.3) is 0 Å². The van der Waals surface area contributed by atoms with Crippen LogP contribution < -0.4 is 10.1 Å². The van der Waals surface area contributed by atoms with Crippen molar-refractivity contribution in [3.05, 3.63) is 24.0 Å². The lowest BCUT2D eigenvalue weighted by Gasteiger charge is -2.26. The van der Waals surface area contributed by atoms with Crippen molar-refractivity contribution < 1.29 is 4.74 Å². The zero-order valence-electron chi connectivity index (χ0n) is 14.2. The van der Waals surface area contributed by atoms with E-state index in [-0.39, 0.29) is 5.41 Å². The maximum atomic E-state index is 5.92. The molecule has 0 aliphatic carbocycles. The van der Waals surface area contributed by atoms with E-state index in [1.165, 1.54) is 0 Å². The van der Waals surface area contributed by atoms with Gasteiger partial charge in [-0.15, -0.1) is 0 Å². The largest absolute Gasteiger partial charge is 0.492 e. The molecule has 122 valence electrons. The SMILES string of the molecule is CN1CCCN=C1NCc1ccncc1OCCC(C)(C)C. The molecule has 1 N–H and O–H groups in total. The molecule has 0 saturated heterocycles. The molecule has 1 aliphatic heterocycles. The normalized spacial score (nSPS) is 15.5. The standard InChI is InChI=1S/C17H28N4O/c1-17(2,3)7-11-22-15-13-18-9-6-14(15)12-20-16-19-8-5-10-21(16)4/h6,9,13H,5,7-8,10-12H2,1-4H3,(H,19,20). The first-order valence-corrected chi connectivity index (χ1v) is 8.01. The Kier molecular flexibility index (Phi) is 5.63. The number of aliphatic imine (C=N–C) groups is 1. The molecule has 0 saturated carbocycles. The highest BCUT2D eigenvalue weighted by atomic mass is 16.5. The minimum absolute atomic E-state index is 0.278. The average Bonchev–Trinajstić information content (AvgIpc) is 2.46. The lowest BCUT2D eigenvalue weighted by Crippen LogP contribution is -2.41. The van der Waals surface area contributed by atoms with Crippen LogP contribution in [0.2, 0.25) is 0 Å². The second-order valence-electron chi connectivity index (χ2n) is 6.98. The van der Waals surface area contributed by atoms with Crippen molar-refractivity contribution in [3.8, 4) is 5.75 Å². The molecule has 5 nitrogen and oxygen atoms in total. The number of rotatable bonds is 5. The van der Waals surface area contributed by atoms with Gasteiger partial charge in [-0.1, -0.05) is 20.8 Å². The second kappa shape index (κ2) is 7.47. The van der Waals surface area contributed by atoms with Gasteiger partial charge in [-0.25, -0.2) is 0 Å². The summed E-state index contributed by atoms with van der Waals surface area (Å²) >= 11 is 0. The zero-order valence-corrected chi connectivity index (χ0v) is 14.2. The molecule has 22 heavy (non-hydrogen) atoms. The van der Waals surface area contributed by atoms with Crippen LogP contribution in [0.1, 0.15) is 39.2 Å². The van der Waals surface area contributed by atoms with Crippen molar-refractivity contribution in [2.45, 2.75) is 40.2 Å². The summed E-state index contributed by atoms with van der Waals surface area (Å²) in [7, 11) is 2.07. The molecule has 0 aromatic carbocycles. The molecule has 0 bridgehead atoms. The number of nitrogens with one attached hydrogen (secondary N) is 1. The van der Waals surface area contributed by atoms with Crippen LogP contribution in [-0.4, -0.2) is 42.6 Å². The second-order valence-corrected chi connectivity index (χ2v) is 6.98. The lowest BCUT2D eigenvalue weighted by molar-refractivity contribution is 0.240. The average molecular weight is 304 g/mol. The van der Waals surface area contributed by atoms with E-state index in [0.29, 0.717) is 13.2 Å². The Morgan fingerprint density at radius 2 is 2.18 bits per heavy atom. The van der Waals surface area contributed by atoms with E-state index in [1.54, 1.807) is 12.4 Å². The Bertz CT molecular complexity index is 508. The predicted octanol–water partition coefficient (Wildman–Crippen LogP) is 2.68. The van der Waals surface area contributed by atoms with Gasteiger partial charge in [-0.05, 0) is 24.3 Å². The van der Waals surface area contributed by atoms with Crippen molar-refractivity contribution >= 4 is 5.96 Å². The molecule has 1 aliphatic rings. The number of guanidine groups is 1. The molecule has 0 fully saturated rings. The van der Waals surface area contributed by atoms with Gasteiger partial charge in [0, 0.05) is 38.4 Å². The van der Waals surface area contributed by atoms with Crippen LogP contribution in [0.25, 0.3) is 0 Å². The lowest BCUT2D eigenvalue weighted by atomic mass is 9.93. The number of hydrogen-bond donors (Lipinski definition) is 1. The van der Waals surface area contributed by atoms with Gasteiger partial charge in [-0.2, -0.15) is 0 Å². The smallest absolute Gasteiger partial charge is 0.193 e. The van der Waals surface area contributed by atoms with E-state index in [4.69, 9.17) is 4.74 Å². The van der Waals surface area contributed by atoms with Gasteiger partial charge in [0.05, 0.1) is 12.8 Å². The van der Waals surface area contributed by atoms with Crippen LogP contribution in [0, 0.1) is 5.41 Å². The first kappa shape index (κ1) is 16.6. The van der Waals surface area contributed by atoms with Crippen molar-refractivity contribution in [2.75, 3.05) is 26.7 Å². The molecule has 0 radical (unpaired) electrons. The highest BCUT2D eigenvalue weighted by molar-refractivity contribution is 5.80. The van der Waals surface area contributed by atoms with Gasteiger partial charge in [0.15, 0.2) is 5.96 Å². The maximum absolute atomic E-state index is 5.92. The Morgan fingerprint density at radius 1 is 1.36 bits per heavy atom. The molecular weight excluding hydrogens is 276 g/mol. The molecule has 5 heteroatoms. The topological polar surface area (TPSA) is 49.8 Å². The van der Waals surface area contributed by atoms with Crippen molar-refractivity contribution in [2.24, 2.45) is 10.4 Å². The zero-order chi connectivity index (χ0) is 16.0. The van der Waals surface area contributed by atoms with E-state index in [9.17, 15) is 0 Å². The summed E-state index contributed by atoms with van der Waals surface area (Å²) in [5, 5.41) is 3.40. The first-order chi connectivity index (χ1) is 10.5. The van der Waals surface area contributed by atoms with Crippen LogP contribution in [-0.2, 0) is 6.54 Å². The number of nitrogens with zero attached hydrogens (tertiary/aromatic N) is 3. The minimum atomic E-state index is 0.278. The van der Waals surface area contributed by atoms with Crippen molar-refractivity contribution in [3.63, 3.8) is 0 Å². The van der Waals surface area contributed by atoms with E-state index in [2.05, 4.69) is 48.0 Å². The van der Waals surface area contributed by atoms with E-state index < -0.39 is 0 Å². The highest BCUT2D eigenvalue weighted by Gasteiger charge is 2.13. The fourth-order valence-electron chi connectivity index (χ4n) is 2.24. The third kappa shape index (κ3) is 5.20. The number of hydrogen-bond acceptors (Lipinski definition) is 5. The van der Waals surface area contributed by atoms with Crippen LogP contribution >= 0.6 is 0 Å². The quantitative estimate of drug-likeness (QED) is 0.908. The van der Waals surface area contributed by atoms with Gasteiger partial charge < -0.3 is 15.0 Å². The fourth-order valence-corrected chi connectivity index (χ4v) is 2.24. The summed E-state index contributed by atoms with van der Waals surface area (Å²) in [5.74, 6) is 1.82. The Balaban J connectivity index is 1.92. The van der Waals surface area contributed by atoms with Crippen LogP contribution in [0.5, 0.6) is 5.75 Å². The minimum Gasteiger partial charge on any atom is -0.492 e. The van der Waals surface area contributed by atoms with Gasteiger partial charge in [0.2, 0.25) is 0 Å². The Morgan fingerprint density at radius 3 is 2.91 bits per heavy atom. The summed E-state index contributed by atoms with van der Waals surface area (Å²) in [5.41, 5.74) is 1.39.